The van der Waals surface area contributed by atoms with Gasteiger partial charge in [-0.05, 0) is 56.9 Å². The summed E-state index contributed by atoms with van der Waals surface area (Å²) in [7, 11) is 0. The topological polar surface area (TPSA) is 23.5 Å². The monoisotopic (exact) mass is 281 g/mol. The molecule has 0 heterocycles. The van der Waals surface area contributed by atoms with Gasteiger partial charge in [-0.1, -0.05) is 36.4 Å². The van der Waals surface area contributed by atoms with Crippen LogP contribution in [0.5, 0.6) is 0 Å². The van der Waals surface area contributed by atoms with E-state index >= 15 is 0 Å². The lowest BCUT2D eigenvalue weighted by molar-refractivity contribution is 0.0179. The predicted octanol–water partition coefficient (Wildman–Crippen LogP) is 4.52. The summed E-state index contributed by atoms with van der Waals surface area (Å²) in [4.78, 5) is 2.43. The lowest BCUT2D eigenvalue weighted by Gasteiger charge is -2.40. The van der Waals surface area contributed by atoms with Gasteiger partial charge < -0.3 is 10.0 Å². The van der Waals surface area contributed by atoms with Crippen molar-refractivity contribution < 1.29 is 5.11 Å². The van der Waals surface area contributed by atoms with E-state index in [9.17, 15) is 5.11 Å². The van der Waals surface area contributed by atoms with Crippen molar-refractivity contribution in [1.29, 1.82) is 0 Å². The second-order valence-electron chi connectivity index (χ2n) is 6.27. The van der Waals surface area contributed by atoms with E-state index < -0.39 is 5.60 Å². The molecule has 0 atom stereocenters. The quantitative estimate of drug-likeness (QED) is 0.894. The van der Waals surface area contributed by atoms with E-state index in [0.717, 1.165) is 25.7 Å². The number of hydrogen-bond donors (Lipinski definition) is 1. The first kappa shape index (κ1) is 14.2. The molecule has 110 valence electrons. The molecule has 0 saturated heterocycles. The first-order valence-corrected chi connectivity index (χ1v) is 7.77. The van der Waals surface area contributed by atoms with Crippen LogP contribution in [0.2, 0.25) is 0 Å². The number of aliphatic hydroxyl groups is 1. The van der Waals surface area contributed by atoms with Gasteiger partial charge in [0.1, 0.15) is 0 Å². The molecule has 0 aromatic heterocycles. The lowest BCUT2D eigenvalue weighted by atomic mass is 9.82. The van der Waals surface area contributed by atoms with Crippen LogP contribution in [0.15, 0.2) is 60.7 Å². The van der Waals surface area contributed by atoms with Gasteiger partial charge in [0.2, 0.25) is 0 Å². The van der Waals surface area contributed by atoms with Crippen molar-refractivity contribution in [3.8, 4) is 0 Å². The second-order valence-corrected chi connectivity index (χ2v) is 6.27. The first-order chi connectivity index (χ1) is 10.2. The summed E-state index contributed by atoms with van der Waals surface area (Å²) in [6, 6.07) is 21.6. The number of nitrogens with zero attached hydrogens (tertiary/aromatic N) is 1. The molecule has 0 spiro atoms. The molecule has 1 aliphatic carbocycles. The Hall–Kier alpha value is -1.80. The maximum absolute atomic E-state index is 10.2. The zero-order valence-corrected chi connectivity index (χ0v) is 12.6. The van der Waals surface area contributed by atoms with Crippen molar-refractivity contribution in [3.05, 3.63) is 60.7 Å². The molecule has 3 rings (SSSR count). The Balaban J connectivity index is 1.91. The molecule has 0 unspecified atom stereocenters. The molecule has 1 N–H and O–H groups in total. The molecule has 1 fully saturated rings. The third-order valence-electron chi connectivity index (χ3n) is 4.47. The van der Waals surface area contributed by atoms with E-state index in [1.807, 2.05) is 6.92 Å². The van der Waals surface area contributed by atoms with Crippen molar-refractivity contribution >= 4 is 11.4 Å². The van der Waals surface area contributed by atoms with Gasteiger partial charge in [-0.3, -0.25) is 0 Å². The van der Waals surface area contributed by atoms with Crippen LogP contribution in [0.1, 0.15) is 32.6 Å². The molecule has 0 bridgehead atoms. The van der Waals surface area contributed by atoms with E-state index in [4.69, 9.17) is 0 Å². The summed E-state index contributed by atoms with van der Waals surface area (Å²) < 4.78 is 0. The van der Waals surface area contributed by atoms with E-state index in [1.165, 1.54) is 11.4 Å². The van der Waals surface area contributed by atoms with Crippen molar-refractivity contribution in [2.75, 3.05) is 4.90 Å². The highest BCUT2D eigenvalue weighted by atomic mass is 16.3. The number of para-hydroxylation sites is 2. The average molecular weight is 281 g/mol. The zero-order chi connectivity index (χ0) is 14.7. The van der Waals surface area contributed by atoms with Crippen molar-refractivity contribution in [2.24, 2.45) is 0 Å². The largest absolute Gasteiger partial charge is 0.390 e. The number of rotatable bonds is 3. The highest BCUT2D eigenvalue weighted by Crippen LogP contribution is 2.36. The molecular weight excluding hydrogens is 258 g/mol. The fraction of sp³-hybridized carbons (Fsp3) is 0.368. The molecule has 21 heavy (non-hydrogen) atoms. The molecule has 2 aromatic carbocycles. The van der Waals surface area contributed by atoms with Gasteiger partial charge in [-0.2, -0.15) is 0 Å². The summed E-state index contributed by atoms with van der Waals surface area (Å²) in [5.74, 6) is 0. The van der Waals surface area contributed by atoms with Gasteiger partial charge in [-0.15, -0.1) is 0 Å². The minimum atomic E-state index is -0.491. The summed E-state index contributed by atoms with van der Waals surface area (Å²) in [6.45, 7) is 1.96. The van der Waals surface area contributed by atoms with Gasteiger partial charge in [0.05, 0.1) is 5.60 Å². The molecule has 0 amide bonds. The Morgan fingerprint density at radius 2 is 1.29 bits per heavy atom. The predicted molar refractivity (Wildman–Crippen MR) is 87.9 cm³/mol. The minimum Gasteiger partial charge on any atom is -0.390 e. The fourth-order valence-electron chi connectivity index (χ4n) is 3.23. The number of anilines is 2. The lowest BCUT2D eigenvalue weighted by Crippen LogP contribution is -2.40. The maximum atomic E-state index is 10.2. The van der Waals surface area contributed by atoms with E-state index in [1.54, 1.807) is 0 Å². The van der Waals surface area contributed by atoms with Gasteiger partial charge >= 0.3 is 0 Å². The standard InChI is InChI=1S/C19H23NO/c1-19(21)14-12-18(13-15-19)20(16-8-4-2-5-9-16)17-10-6-3-7-11-17/h2-11,18,21H,12-15H2,1H3. The van der Waals surface area contributed by atoms with Crippen LogP contribution in [-0.2, 0) is 0 Å². The summed E-state index contributed by atoms with van der Waals surface area (Å²) >= 11 is 0. The molecule has 2 heteroatoms. The van der Waals surface area contributed by atoms with Crippen LogP contribution in [0.25, 0.3) is 0 Å². The SMILES string of the molecule is CC1(O)CCC(N(c2ccccc2)c2ccccc2)CC1. The molecule has 2 aromatic rings. The summed E-state index contributed by atoms with van der Waals surface area (Å²) in [5.41, 5.74) is 1.97. The van der Waals surface area contributed by atoms with Gasteiger partial charge in [0.15, 0.2) is 0 Å². The van der Waals surface area contributed by atoms with Crippen molar-refractivity contribution in [3.63, 3.8) is 0 Å². The molecular formula is C19H23NO. The minimum absolute atomic E-state index is 0.454. The van der Waals surface area contributed by atoms with Crippen LogP contribution < -0.4 is 4.90 Å². The van der Waals surface area contributed by atoms with Crippen LogP contribution in [0, 0.1) is 0 Å². The van der Waals surface area contributed by atoms with Gasteiger partial charge in [-0.25, -0.2) is 0 Å². The van der Waals surface area contributed by atoms with Crippen LogP contribution >= 0.6 is 0 Å². The third kappa shape index (κ3) is 3.27. The smallest absolute Gasteiger partial charge is 0.0621 e. The number of benzene rings is 2. The Morgan fingerprint density at radius 1 is 0.857 bits per heavy atom. The van der Waals surface area contributed by atoms with Crippen LogP contribution in [0.4, 0.5) is 11.4 Å². The second kappa shape index (κ2) is 5.90. The highest BCUT2D eigenvalue weighted by molar-refractivity contribution is 5.64. The third-order valence-corrected chi connectivity index (χ3v) is 4.47. The Morgan fingerprint density at radius 3 is 1.71 bits per heavy atom. The highest BCUT2D eigenvalue weighted by Gasteiger charge is 2.32. The Kier molecular flexibility index (Phi) is 3.98. The fourth-order valence-corrected chi connectivity index (χ4v) is 3.23. The molecule has 1 saturated carbocycles. The molecule has 1 aliphatic rings. The Bertz CT molecular complexity index is 515. The van der Waals surface area contributed by atoms with E-state index in [-0.39, 0.29) is 0 Å². The summed E-state index contributed by atoms with van der Waals surface area (Å²) in [5, 5.41) is 10.2. The number of hydrogen-bond acceptors (Lipinski definition) is 2. The first-order valence-electron chi connectivity index (χ1n) is 7.77. The van der Waals surface area contributed by atoms with Gasteiger partial charge in [0.25, 0.3) is 0 Å². The van der Waals surface area contributed by atoms with Crippen LogP contribution in [-0.4, -0.2) is 16.7 Å². The van der Waals surface area contributed by atoms with E-state index in [2.05, 4.69) is 65.6 Å². The molecule has 0 aliphatic heterocycles. The van der Waals surface area contributed by atoms with E-state index in [0.29, 0.717) is 6.04 Å². The summed E-state index contributed by atoms with van der Waals surface area (Å²) in [6.07, 6.45) is 3.79. The van der Waals surface area contributed by atoms with Crippen LogP contribution in [0.3, 0.4) is 0 Å². The maximum Gasteiger partial charge on any atom is 0.0621 e. The zero-order valence-electron chi connectivity index (χ0n) is 12.6. The van der Waals surface area contributed by atoms with Crippen molar-refractivity contribution in [2.45, 2.75) is 44.2 Å². The normalized spacial score (nSPS) is 25.5. The average Bonchev–Trinajstić information content (AvgIpc) is 2.51. The molecule has 2 nitrogen and oxygen atoms in total. The Labute approximate surface area is 127 Å². The van der Waals surface area contributed by atoms with Gasteiger partial charge in [0, 0.05) is 17.4 Å². The molecule has 0 radical (unpaired) electrons. The van der Waals surface area contributed by atoms with Crippen molar-refractivity contribution in [1.82, 2.24) is 0 Å².